The van der Waals surface area contributed by atoms with Gasteiger partial charge in [-0.1, -0.05) is 23.3 Å². The van der Waals surface area contributed by atoms with Crippen molar-refractivity contribution < 1.29 is 22.0 Å². The van der Waals surface area contributed by atoms with Crippen molar-refractivity contribution in [3.05, 3.63) is 60.4 Å². The molecular weight excluding hydrogens is 349 g/mol. The van der Waals surface area contributed by atoms with Crippen LogP contribution in [0.2, 0.25) is 0 Å². The number of rotatable bonds is 5. The first-order chi connectivity index (χ1) is 11.9. The molecule has 0 aliphatic heterocycles. The Balaban J connectivity index is 1.69. The maximum Gasteiger partial charge on any atom is 0.322 e. The second kappa shape index (κ2) is 6.81. The molecule has 3 rings (SSSR count). The van der Waals surface area contributed by atoms with Gasteiger partial charge in [0.2, 0.25) is 11.8 Å². The summed E-state index contributed by atoms with van der Waals surface area (Å²) in [5.41, 5.74) is 0.464. The zero-order chi connectivity index (χ0) is 17.9. The topological polar surface area (TPSA) is 102 Å². The Morgan fingerprint density at radius 3 is 2.40 bits per heavy atom. The molecule has 7 nitrogen and oxygen atoms in total. The molecule has 0 radical (unpaired) electrons. The van der Waals surface area contributed by atoms with Crippen molar-refractivity contribution in [2.24, 2.45) is 0 Å². The molecule has 1 amide bonds. The van der Waals surface area contributed by atoms with E-state index in [0.717, 1.165) is 0 Å². The average Bonchev–Trinajstić information content (AvgIpc) is 3.04. The lowest BCUT2D eigenvalue weighted by Crippen LogP contribution is -2.23. The van der Waals surface area contributed by atoms with E-state index in [0.29, 0.717) is 5.56 Å². The normalized spacial score (nSPS) is 11.2. The van der Waals surface area contributed by atoms with E-state index in [4.69, 9.17) is 4.42 Å². The molecule has 0 fully saturated rings. The highest BCUT2D eigenvalue weighted by atomic mass is 32.2. The van der Waals surface area contributed by atoms with Gasteiger partial charge in [-0.15, -0.1) is 5.10 Å². The summed E-state index contributed by atoms with van der Waals surface area (Å²) in [6.07, 6.45) is 0. The second-order valence-electron chi connectivity index (χ2n) is 5.04. The molecule has 0 bridgehead atoms. The predicted octanol–water partition coefficient (Wildman–Crippen LogP) is 2.29. The minimum atomic E-state index is -3.77. The van der Waals surface area contributed by atoms with Gasteiger partial charge in [0.15, 0.2) is 9.84 Å². The number of hydrogen-bond acceptors (Lipinski definition) is 6. The highest BCUT2D eigenvalue weighted by Crippen LogP contribution is 2.20. The average molecular weight is 361 g/mol. The molecule has 0 saturated heterocycles. The van der Waals surface area contributed by atoms with Gasteiger partial charge in [0.05, 0.1) is 4.90 Å². The minimum Gasteiger partial charge on any atom is -0.403 e. The van der Waals surface area contributed by atoms with Crippen LogP contribution in [0.1, 0.15) is 0 Å². The van der Waals surface area contributed by atoms with Crippen molar-refractivity contribution in [3.8, 4) is 11.5 Å². The molecule has 0 spiro atoms. The molecule has 25 heavy (non-hydrogen) atoms. The van der Waals surface area contributed by atoms with Gasteiger partial charge in [-0.2, -0.15) is 0 Å². The molecule has 9 heteroatoms. The van der Waals surface area contributed by atoms with Crippen LogP contribution in [0.3, 0.4) is 0 Å². The van der Waals surface area contributed by atoms with E-state index in [1.165, 1.54) is 36.4 Å². The van der Waals surface area contributed by atoms with Gasteiger partial charge in [0, 0.05) is 5.56 Å². The third-order valence-corrected chi connectivity index (χ3v) is 4.82. The number of amides is 1. The summed E-state index contributed by atoms with van der Waals surface area (Å²) < 4.78 is 42.4. The molecule has 0 aliphatic rings. The highest BCUT2D eigenvalue weighted by Gasteiger charge is 2.20. The van der Waals surface area contributed by atoms with Gasteiger partial charge >= 0.3 is 6.01 Å². The Labute approximate surface area is 142 Å². The number of anilines is 1. The number of carbonyl (C=O) groups excluding carboxylic acids is 1. The Bertz CT molecular complexity index is 986. The summed E-state index contributed by atoms with van der Waals surface area (Å²) in [7, 11) is -3.77. The van der Waals surface area contributed by atoms with E-state index < -0.39 is 27.3 Å². The summed E-state index contributed by atoms with van der Waals surface area (Å²) in [6.45, 7) is 0. The number of nitrogens with one attached hydrogen (secondary N) is 1. The van der Waals surface area contributed by atoms with Crippen molar-refractivity contribution in [1.82, 2.24) is 10.2 Å². The van der Waals surface area contributed by atoms with Crippen LogP contribution >= 0.6 is 0 Å². The van der Waals surface area contributed by atoms with Crippen LogP contribution in [0, 0.1) is 5.82 Å². The van der Waals surface area contributed by atoms with Gasteiger partial charge in [-0.3, -0.25) is 10.1 Å². The SMILES string of the molecule is O=C(CS(=O)(=O)c1ccccc1)Nc1nnc(-c2ccc(F)cc2)o1. The lowest BCUT2D eigenvalue weighted by Gasteiger charge is -2.03. The number of halogens is 1. The zero-order valence-electron chi connectivity index (χ0n) is 12.7. The number of hydrogen-bond donors (Lipinski definition) is 1. The first-order valence-corrected chi connectivity index (χ1v) is 8.76. The fourth-order valence-corrected chi connectivity index (χ4v) is 3.18. The molecule has 3 aromatic rings. The molecule has 1 N–H and O–H groups in total. The third kappa shape index (κ3) is 4.07. The van der Waals surface area contributed by atoms with Crippen molar-refractivity contribution in [2.45, 2.75) is 4.90 Å². The maximum absolute atomic E-state index is 12.9. The number of sulfone groups is 1. The second-order valence-corrected chi connectivity index (χ2v) is 7.03. The van der Waals surface area contributed by atoms with Gasteiger partial charge < -0.3 is 4.42 Å². The van der Waals surface area contributed by atoms with Crippen molar-refractivity contribution >= 4 is 21.8 Å². The monoisotopic (exact) mass is 361 g/mol. The maximum atomic E-state index is 12.9. The lowest BCUT2D eigenvalue weighted by molar-refractivity contribution is -0.114. The largest absolute Gasteiger partial charge is 0.403 e. The van der Waals surface area contributed by atoms with Gasteiger partial charge in [0.1, 0.15) is 11.6 Å². The molecular formula is C16H12FN3O4S. The molecule has 0 unspecified atom stereocenters. The molecule has 128 valence electrons. The molecule has 0 atom stereocenters. The Hall–Kier alpha value is -3.07. The smallest absolute Gasteiger partial charge is 0.322 e. The van der Waals surface area contributed by atoms with E-state index in [1.54, 1.807) is 18.2 Å². The number of benzene rings is 2. The Morgan fingerprint density at radius 1 is 1.04 bits per heavy atom. The fourth-order valence-electron chi connectivity index (χ4n) is 2.02. The summed E-state index contributed by atoms with van der Waals surface area (Å²) in [4.78, 5) is 12.0. The Morgan fingerprint density at radius 2 is 1.72 bits per heavy atom. The van der Waals surface area contributed by atoms with E-state index in [-0.39, 0.29) is 16.8 Å². The van der Waals surface area contributed by atoms with Crippen molar-refractivity contribution in [2.75, 3.05) is 11.1 Å². The van der Waals surface area contributed by atoms with Crippen LogP contribution < -0.4 is 5.32 Å². The number of carbonyl (C=O) groups is 1. The van der Waals surface area contributed by atoms with E-state index in [2.05, 4.69) is 15.5 Å². The predicted molar refractivity (Wildman–Crippen MR) is 86.8 cm³/mol. The van der Waals surface area contributed by atoms with E-state index in [9.17, 15) is 17.6 Å². The van der Waals surface area contributed by atoms with Crippen LogP contribution in [0.25, 0.3) is 11.5 Å². The van der Waals surface area contributed by atoms with Gasteiger partial charge in [-0.05, 0) is 36.4 Å². The number of aromatic nitrogens is 2. The molecule has 0 aliphatic carbocycles. The van der Waals surface area contributed by atoms with Crippen molar-refractivity contribution in [1.29, 1.82) is 0 Å². The van der Waals surface area contributed by atoms with Gasteiger partial charge in [-0.25, -0.2) is 12.8 Å². The standard InChI is InChI=1S/C16H12FN3O4S/c17-12-8-6-11(7-9-12)15-19-20-16(24-15)18-14(21)10-25(22,23)13-4-2-1-3-5-13/h1-9H,10H2,(H,18,20,21). The van der Waals surface area contributed by atoms with Crippen LogP contribution in [-0.4, -0.2) is 30.3 Å². The molecule has 0 saturated carbocycles. The first-order valence-electron chi connectivity index (χ1n) is 7.11. The molecule has 1 aromatic heterocycles. The first kappa shape index (κ1) is 16.8. The summed E-state index contributed by atoms with van der Waals surface area (Å²) in [5.74, 6) is -1.91. The zero-order valence-corrected chi connectivity index (χ0v) is 13.5. The third-order valence-electron chi connectivity index (χ3n) is 3.19. The van der Waals surface area contributed by atoms with E-state index in [1.807, 2.05) is 0 Å². The molecule has 1 heterocycles. The van der Waals surface area contributed by atoms with Crippen LogP contribution in [0.5, 0.6) is 0 Å². The lowest BCUT2D eigenvalue weighted by atomic mass is 10.2. The summed E-state index contributed by atoms with van der Waals surface area (Å²) >= 11 is 0. The van der Waals surface area contributed by atoms with Crippen molar-refractivity contribution in [3.63, 3.8) is 0 Å². The summed E-state index contributed by atoms with van der Waals surface area (Å²) in [6, 6.07) is 12.7. The quantitative estimate of drug-likeness (QED) is 0.748. The van der Waals surface area contributed by atoms with Crippen LogP contribution in [0.4, 0.5) is 10.4 Å². The Kier molecular flexibility index (Phi) is 4.57. The van der Waals surface area contributed by atoms with E-state index >= 15 is 0 Å². The van der Waals surface area contributed by atoms with Crippen LogP contribution in [-0.2, 0) is 14.6 Å². The molecule has 2 aromatic carbocycles. The fraction of sp³-hybridized carbons (Fsp3) is 0.0625. The minimum absolute atomic E-state index is 0.0441. The highest BCUT2D eigenvalue weighted by molar-refractivity contribution is 7.92. The van der Waals surface area contributed by atoms with Gasteiger partial charge in [0.25, 0.3) is 0 Å². The number of nitrogens with zero attached hydrogens (tertiary/aromatic N) is 2. The van der Waals surface area contributed by atoms with Crippen LogP contribution in [0.15, 0.2) is 63.9 Å². The summed E-state index contributed by atoms with van der Waals surface area (Å²) in [5, 5.41) is 9.58.